The van der Waals surface area contributed by atoms with E-state index in [-0.39, 0.29) is 17.8 Å². The maximum Gasteiger partial charge on any atom is 0.251 e. The number of rotatable bonds is 9. The van der Waals surface area contributed by atoms with Crippen LogP contribution in [-0.2, 0) is 4.74 Å². The highest BCUT2D eigenvalue weighted by molar-refractivity contribution is 5.94. The van der Waals surface area contributed by atoms with Gasteiger partial charge in [-0.05, 0) is 48.4 Å². The third-order valence-electron chi connectivity index (χ3n) is 5.59. The van der Waals surface area contributed by atoms with Gasteiger partial charge in [-0.3, -0.25) is 9.69 Å². The number of carbonyl (C=O) groups excluding carboxylic acids is 1. The van der Waals surface area contributed by atoms with Crippen molar-refractivity contribution in [2.45, 2.75) is 25.8 Å². The van der Waals surface area contributed by atoms with Gasteiger partial charge in [-0.15, -0.1) is 0 Å². The predicted molar refractivity (Wildman–Crippen MR) is 118 cm³/mol. The normalized spacial score (nSPS) is 15.6. The van der Waals surface area contributed by atoms with Crippen LogP contribution >= 0.6 is 0 Å². The smallest absolute Gasteiger partial charge is 0.251 e. The molecule has 5 nitrogen and oxygen atoms in total. The van der Waals surface area contributed by atoms with Crippen molar-refractivity contribution in [3.63, 3.8) is 0 Å². The highest BCUT2D eigenvalue weighted by Crippen LogP contribution is 2.22. The van der Waals surface area contributed by atoms with Gasteiger partial charge in [-0.25, -0.2) is 4.39 Å². The summed E-state index contributed by atoms with van der Waals surface area (Å²) in [5.41, 5.74) is 2.60. The quantitative estimate of drug-likeness (QED) is 0.678. The van der Waals surface area contributed by atoms with Crippen molar-refractivity contribution >= 4 is 11.6 Å². The van der Waals surface area contributed by atoms with Gasteiger partial charge in [-0.2, -0.15) is 0 Å². The maximum atomic E-state index is 13.8. The fourth-order valence-corrected chi connectivity index (χ4v) is 3.74. The SMILES string of the molecule is CCCCN(C)c1ccc(C(=O)NCC(c2cccc(F)c2)N2CCOCC2)cc1. The molecule has 2 aromatic rings. The Balaban J connectivity index is 1.65. The van der Waals surface area contributed by atoms with Crippen molar-refractivity contribution in [1.29, 1.82) is 0 Å². The fraction of sp³-hybridized carbons (Fsp3) is 0.458. The third kappa shape index (κ3) is 6.03. The van der Waals surface area contributed by atoms with Gasteiger partial charge in [0.15, 0.2) is 0 Å². The summed E-state index contributed by atoms with van der Waals surface area (Å²) >= 11 is 0. The Hall–Kier alpha value is -2.44. The lowest BCUT2D eigenvalue weighted by Gasteiger charge is -2.35. The van der Waals surface area contributed by atoms with E-state index in [1.165, 1.54) is 6.07 Å². The van der Waals surface area contributed by atoms with E-state index in [4.69, 9.17) is 4.74 Å². The maximum absolute atomic E-state index is 13.8. The Kier molecular flexibility index (Phi) is 8.22. The zero-order chi connectivity index (χ0) is 21.3. The van der Waals surface area contributed by atoms with Crippen LogP contribution in [0.1, 0.15) is 41.7 Å². The molecule has 162 valence electrons. The van der Waals surface area contributed by atoms with Crippen molar-refractivity contribution in [2.24, 2.45) is 0 Å². The first kappa shape index (κ1) is 22.2. The summed E-state index contributed by atoms with van der Waals surface area (Å²) in [6, 6.07) is 14.2. The van der Waals surface area contributed by atoms with E-state index in [1.54, 1.807) is 12.1 Å². The number of nitrogens with zero attached hydrogens (tertiary/aromatic N) is 2. The van der Waals surface area contributed by atoms with Gasteiger partial charge >= 0.3 is 0 Å². The minimum Gasteiger partial charge on any atom is -0.379 e. The summed E-state index contributed by atoms with van der Waals surface area (Å²) in [7, 11) is 2.07. The van der Waals surface area contributed by atoms with Crippen molar-refractivity contribution in [3.8, 4) is 0 Å². The highest BCUT2D eigenvalue weighted by atomic mass is 19.1. The third-order valence-corrected chi connectivity index (χ3v) is 5.59. The number of morpholine rings is 1. The predicted octanol–water partition coefficient (Wildman–Crippen LogP) is 3.87. The Morgan fingerprint density at radius 2 is 1.93 bits per heavy atom. The van der Waals surface area contributed by atoms with Gasteiger partial charge in [-0.1, -0.05) is 25.5 Å². The molecule has 1 N–H and O–H groups in total. The Morgan fingerprint density at radius 3 is 2.60 bits per heavy atom. The van der Waals surface area contributed by atoms with E-state index >= 15 is 0 Å². The van der Waals surface area contributed by atoms with E-state index in [0.717, 1.165) is 43.7 Å². The number of unbranched alkanes of at least 4 members (excludes halogenated alkanes) is 1. The lowest BCUT2D eigenvalue weighted by molar-refractivity contribution is 0.0162. The van der Waals surface area contributed by atoms with Crippen LogP contribution in [0.4, 0.5) is 10.1 Å². The van der Waals surface area contributed by atoms with E-state index < -0.39 is 0 Å². The number of hydrogen-bond donors (Lipinski definition) is 1. The Labute approximate surface area is 178 Å². The van der Waals surface area contributed by atoms with Crippen LogP contribution in [-0.4, -0.2) is 57.2 Å². The molecule has 0 saturated carbocycles. The second-order valence-electron chi connectivity index (χ2n) is 7.75. The van der Waals surface area contributed by atoms with Crippen molar-refractivity contribution in [2.75, 3.05) is 51.3 Å². The van der Waals surface area contributed by atoms with Gasteiger partial charge in [0.05, 0.1) is 19.3 Å². The molecule has 0 aliphatic carbocycles. The second-order valence-corrected chi connectivity index (χ2v) is 7.75. The number of hydrogen-bond acceptors (Lipinski definition) is 4. The number of ether oxygens (including phenoxy) is 1. The standard InChI is InChI=1S/C24H32FN3O2/c1-3-4-12-27(2)22-10-8-19(9-11-22)24(29)26-18-23(28-13-15-30-16-14-28)20-6-5-7-21(25)17-20/h5-11,17,23H,3-4,12-16,18H2,1-2H3,(H,26,29). The zero-order valence-corrected chi connectivity index (χ0v) is 17.9. The van der Waals surface area contributed by atoms with Gasteiger partial charge in [0.1, 0.15) is 5.82 Å². The van der Waals surface area contributed by atoms with E-state index in [9.17, 15) is 9.18 Å². The van der Waals surface area contributed by atoms with E-state index in [0.29, 0.717) is 25.3 Å². The lowest BCUT2D eigenvalue weighted by atomic mass is 10.0. The topological polar surface area (TPSA) is 44.8 Å². The number of amides is 1. The molecule has 0 aromatic heterocycles. The molecule has 1 atom stereocenters. The van der Waals surface area contributed by atoms with E-state index in [2.05, 4.69) is 29.1 Å². The number of nitrogens with one attached hydrogen (secondary N) is 1. The minimum absolute atomic E-state index is 0.0898. The van der Waals surface area contributed by atoms with Gasteiger partial charge in [0.25, 0.3) is 5.91 Å². The number of carbonyl (C=O) groups is 1. The summed E-state index contributed by atoms with van der Waals surface area (Å²) in [5.74, 6) is -0.382. The lowest BCUT2D eigenvalue weighted by Crippen LogP contribution is -2.43. The molecule has 2 aromatic carbocycles. The summed E-state index contributed by atoms with van der Waals surface area (Å²) in [5, 5.41) is 3.04. The monoisotopic (exact) mass is 413 g/mol. The van der Waals surface area contributed by atoms with Crippen molar-refractivity contribution in [3.05, 3.63) is 65.5 Å². The van der Waals surface area contributed by atoms with Crippen LogP contribution in [0.25, 0.3) is 0 Å². The molecule has 0 bridgehead atoms. The first-order chi connectivity index (χ1) is 14.6. The summed E-state index contributed by atoms with van der Waals surface area (Å²) in [6.45, 7) is 6.40. The van der Waals surface area contributed by atoms with Crippen LogP contribution in [0.5, 0.6) is 0 Å². The molecule has 1 unspecified atom stereocenters. The molecular weight excluding hydrogens is 381 g/mol. The summed E-state index contributed by atoms with van der Waals surface area (Å²) in [6.07, 6.45) is 2.29. The molecule has 1 aliphatic rings. The van der Waals surface area contributed by atoms with E-state index in [1.807, 2.05) is 30.3 Å². The van der Waals surface area contributed by atoms with Crippen LogP contribution in [0.3, 0.4) is 0 Å². The number of halogens is 1. The van der Waals surface area contributed by atoms with Crippen molar-refractivity contribution in [1.82, 2.24) is 10.2 Å². The largest absolute Gasteiger partial charge is 0.379 e. The molecule has 0 spiro atoms. The Bertz CT molecular complexity index is 806. The molecule has 0 radical (unpaired) electrons. The molecule has 1 aliphatic heterocycles. The van der Waals surface area contributed by atoms with Crippen LogP contribution < -0.4 is 10.2 Å². The average molecular weight is 414 g/mol. The fourth-order valence-electron chi connectivity index (χ4n) is 3.74. The number of benzene rings is 2. The van der Waals surface area contributed by atoms with Crippen LogP contribution in [0, 0.1) is 5.82 Å². The summed E-state index contributed by atoms with van der Waals surface area (Å²) in [4.78, 5) is 17.2. The molecule has 1 heterocycles. The Morgan fingerprint density at radius 1 is 1.20 bits per heavy atom. The summed E-state index contributed by atoms with van der Waals surface area (Å²) < 4.78 is 19.3. The second kappa shape index (κ2) is 11.1. The first-order valence-electron chi connectivity index (χ1n) is 10.7. The average Bonchev–Trinajstić information content (AvgIpc) is 2.78. The first-order valence-corrected chi connectivity index (χ1v) is 10.7. The van der Waals surface area contributed by atoms with Gasteiger partial charge < -0.3 is 15.0 Å². The highest BCUT2D eigenvalue weighted by Gasteiger charge is 2.23. The van der Waals surface area contributed by atoms with Crippen LogP contribution in [0.2, 0.25) is 0 Å². The molecule has 30 heavy (non-hydrogen) atoms. The minimum atomic E-state index is -0.264. The molecule has 6 heteroatoms. The number of anilines is 1. The molecule has 1 saturated heterocycles. The van der Waals surface area contributed by atoms with Crippen LogP contribution in [0.15, 0.2) is 48.5 Å². The molecule has 3 rings (SSSR count). The molecule has 1 fully saturated rings. The van der Waals surface area contributed by atoms with Gasteiger partial charge in [0, 0.05) is 44.5 Å². The molecular formula is C24H32FN3O2. The van der Waals surface area contributed by atoms with Gasteiger partial charge in [0.2, 0.25) is 0 Å². The molecule has 1 amide bonds. The zero-order valence-electron chi connectivity index (χ0n) is 17.9. The van der Waals surface area contributed by atoms with Crippen molar-refractivity contribution < 1.29 is 13.9 Å².